The van der Waals surface area contributed by atoms with Gasteiger partial charge in [0.2, 0.25) is 0 Å². The molecule has 0 bridgehead atoms. The van der Waals surface area contributed by atoms with Crippen molar-refractivity contribution in [3.8, 4) is 0 Å². The SMILES string of the molecule is CC(CCl)Cn1ncc(N2CCCCC2)cc1=O. The van der Waals surface area contributed by atoms with E-state index in [0.717, 1.165) is 18.8 Å². The zero-order valence-corrected chi connectivity index (χ0v) is 11.6. The second kappa shape index (κ2) is 6.23. The normalized spacial score (nSPS) is 17.8. The first-order chi connectivity index (χ1) is 8.70. The van der Waals surface area contributed by atoms with Crippen LogP contribution in [0.1, 0.15) is 26.2 Å². The molecule has 0 aromatic carbocycles. The van der Waals surface area contributed by atoms with Gasteiger partial charge in [-0.3, -0.25) is 4.79 Å². The molecule has 100 valence electrons. The fraction of sp³-hybridized carbons (Fsp3) is 0.692. The second-order valence-corrected chi connectivity index (χ2v) is 5.35. The number of rotatable bonds is 4. The predicted molar refractivity (Wildman–Crippen MR) is 74.4 cm³/mol. The molecule has 0 amide bonds. The molecule has 1 saturated heterocycles. The highest BCUT2D eigenvalue weighted by Crippen LogP contribution is 2.16. The molecule has 0 spiro atoms. The Hall–Kier alpha value is -1.03. The molecule has 0 radical (unpaired) electrons. The molecule has 0 aliphatic carbocycles. The van der Waals surface area contributed by atoms with Gasteiger partial charge >= 0.3 is 0 Å². The Morgan fingerprint density at radius 2 is 2.11 bits per heavy atom. The van der Waals surface area contributed by atoms with Gasteiger partial charge in [0.25, 0.3) is 5.56 Å². The van der Waals surface area contributed by atoms with Gasteiger partial charge in [0, 0.05) is 31.6 Å². The van der Waals surface area contributed by atoms with Gasteiger partial charge in [-0.15, -0.1) is 11.6 Å². The van der Waals surface area contributed by atoms with E-state index < -0.39 is 0 Å². The van der Waals surface area contributed by atoms with Crippen LogP contribution in [-0.2, 0) is 6.54 Å². The average molecular weight is 270 g/mol. The van der Waals surface area contributed by atoms with E-state index in [0.29, 0.717) is 12.4 Å². The van der Waals surface area contributed by atoms with Crippen molar-refractivity contribution in [2.75, 3.05) is 23.9 Å². The highest BCUT2D eigenvalue weighted by molar-refractivity contribution is 6.18. The summed E-state index contributed by atoms with van der Waals surface area (Å²) < 4.78 is 1.50. The average Bonchev–Trinajstić information content (AvgIpc) is 2.42. The van der Waals surface area contributed by atoms with Crippen LogP contribution in [0.3, 0.4) is 0 Å². The van der Waals surface area contributed by atoms with Gasteiger partial charge in [-0.25, -0.2) is 4.68 Å². The lowest BCUT2D eigenvalue weighted by Gasteiger charge is -2.28. The first-order valence-corrected chi connectivity index (χ1v) is 7.12. The maximum atomic E-state index is 12.0. The molecule has 1 aromatic rings. The molecule has 18 heavy (non-hydrogen) atoms. The number of alkyl halides is 1. The minimum absolute atomic E-state index is 0.0324. The van der Waals surface area contributed by atoms with E-state index >= 15 is 0 Å². The molecular weight excluding hydrogens is 250 g/mol. The molecule has 0 saturated carbocycles. The Kier molecular flexibility index (Phi) is 4.64. The van der Waals surface area contributed by atoms with E-state index in [9.17, 15) is 4.79 Å². The highest BCUT2D eigenvalue weighted by Gasteiger charge is 2.13. The first-order valence-electron chi connectivity index (χ1n) is 6.59. The van der Waals surface area contributed by atoms with Crippen molar-refractivity contribution in [1.82, 2.24) is 9.78 Å². The molecule has 1 atom stereocenters. The third-order valence-corrected chi connectivity index (χ3v) is 3.85. The summed E-state index contributed by atoms with van der Waals surface area (Å²) in [6.07, 6.45) is 5.49. The summed E-state index contributed by atoms with van der Waals surface area (Å²) in [6, 6.07) is 1.69. The van der Waals surface area contributed by atoms with Crippen molar-refractivity contribution < 1.29 is 0 Å². The van der Waals surface area contributed by atoms with Crippen LogP contribution in [0.15, 0.2) is 17.1 Å². The number of hydrogen-bond acceptors (Lipinski definition) is 3. The molecule has 1 aliphatic heterocycles. The molecule has 2 rings (SSSR count). The molecule has 2 heterocycles. The molecule has 5 heteroatoms. The van der Waals surface area contributed by atoms with Crippen molar-refractivity contribution in [2.45, 2.75) is 32.7 Å². The lowest BCUT2D eigenvalue weighted by molar-refractivity contribution is 0.466. The van der Waals surface area contributed by atoms with Crippen molar-refractivity contribution in [3.63, 3.8) is 0 Å². The zero-order valence-electron chi connectivity index (χ0n) is 10.8. The Balaban J connectivity index is 2.11. The van der Waals surface area contributed by atoms with Crippen LogP contribution >= 0.6 is 11.6 Å². The first kappa shape index (κ1) is 13.4. The molecule has 1 aromatic heterocycles. The molecular formula is C13H20ClN3O. The molecule has 1 unspecified atom stereocenters. The number of hydrogen-bond donors (Lipinski definition) is 0. The number of aromatic nitrogens is 2. The van der Waals surface area contributed by atoms with E-state index in [1.54, 1.807) is 12.3 Å². The van der Waals surface area contributed by atoms with Crippen LogP contribution < -0.4 is 10.5 Å². The van der Waals surface area contributed by atoms with Crippen LogP contribution in [0.5, 0.6) is 0 Å². The predicted octanol–water partition coefficient (Wildman–Crippen LogP) is 2.11. The van der Waals surface area contributed by atoms with Gasteiger partial charge < -0.3 is 4.90 Å². The summed E-state index contributed by atoms with van der Waals surface area (Å²) in [7, 11) is 0. The fourth-order valence-electron chi connectivity index (χ4n) is 2.23. The van der Waals surface area contributed by atoms with Gasteiger partial charge in [-0.1, -0.05) is 6.92 Å². The molecule has 4 nitrogen and oxygen atoms in total. The Morgan fingerprint density at radius 1 is 1.39 bits per heavy atom. The number of piperidine rings is 1. The quantitative estimate of drug-likeness (QED) is 0.786. The standard InChI is InChI=1S/C13H20ClN3O/c1-11(8-14)10-17-13(18)7-12(9-15-17)16-5-3-2-4-6-16/h7,9,11H,2-6,8,10H2,1H3. The number of anilines is 1. The largest absolute Gasteiger partial charge is 0.370 e. The Labute approximate surface area is 113 Å². The van der Waals surface area contributed by atoms with E-state index in [1.165, 1.54) is 23.9 Å². The minimum Gasteiger partial charge on any atom is -0.370 e. The molecule has 1 aliphatic rings. The van der Waals surface area contributed by atoms with Gasteiger partial charge in [0.15, 0.2) is 0 Å². The zero-order chi connectivity index (χ0) is 13.0. The van der Waals surface area contributed by atoms with Gasteiger partial charge in [0.05, 0.1) is 11.9 Å². The van der Waals surface area contributed by atoms with Crippen LogP contribution in [0.2, 0.25) is 0 Å². The minimum atomic E-state index is -0.0324. The summed E-state index contributed by atoms with van der Waals surface area (Å²) >= 11 is 5.76. The van der Waals surface area contributed by atoms with Gasteiger partial charge in [-0.2, -0.15) is 5.10 Å². The lowest BCUT2D eigenvalue weighted by atomic mass is 10.1. The third kappa shape index (κ3) is 3.25. The summed E-state index contributed by atoms with van der Waals surface area (Å²) in [6.45, 7) is 4.66. The van der Waals surface area contributed by atoms with Crippen molar-refractivity contribution in [2.24, 2.45) is 5.92 Å². The maximum absolute atomic E-state index is 12.0. The van der Waals surface area contributed by atoms with E-state index in [2.05, 4.69) is 10.00 Å². The Morgan fingerprint density at radius 3 is 2.72 bits per heavy atom. The monoisotopic (exact) mass is 269 g/mol. The second-order valence-electron chi connectivity index (χ2n) is 5.04. The highest BCUT2D eigenvalue weighted by atomic mass is 35.5. The topological polar surface area (TPSA) is 38.1 Å². The fourth-order valence-corrected chi connectivity index (χ4v) is 2.33. The summed E-state index contributed by atoms with van der Waals surface area (Å²) in [5.74, 6) is 0.805. The van der Waals surface area contributed by atoms with Crippen molar-refractivity contribution in [1.29, 1.82) is 0 Å². The van der Waals surface area contributed by atoms with E-state index in [1.807, 2.05) is 6.92 Å². The van der Waals surface area contributed by atoms with Crippen molar-refractivity contribution >= 4 is 17.3 Å². The summed E-state index contributed by atoms with van der Waals surface area (Å²) in [5, 5.41) is 4.25. The number of halogens is 1. The van der Waals surface area contributed by atoms with Crippen molar-refractivity contribution in [3.05, 3.63) is 22.6 Å². The van der Waals surface area contributed by atoms with E-state index in [-0.39, 0.29) is 11.5 Å². The maximum Gasteiger partial charge on any atom is 0.268 e. The molecule has 1 fully saturated rings. The summed E-state index contributed by atoms with van der Waals surface area (Å²) in [4.78, 5) is 14.2. The van der Waals surface area contributed by atoms with Gasteiger partial charge in [0.1, 0.15) is 0 Å². The smallest absolute Gasteiger partial charge is 0.268 e. The lowest BCUT2D eigenvalue weighted by Crippen LogP contribution is -2.32. The van der Waals surface area contributed by atoms with Crippen LogP contribution in [0.4, 0.5) is 5.69 Å². The summed E-state index contributed by atoms with van der Waals surface area (Å²) in [5.41, 5.74) is 0.921. The molecule has 0 N–H and O–H groups in total. The number of nitrogens with zero attached hydrogens (tertiary/aromatic N) is 3. The third-order valence-electron chi connectivity index (χ3n) is 3.32. The van der Waals surface area contributed by atoms with Crippen LogP contribution in [0.25, 0.3) is 0 Å². The van der Waals surface area contributed by atoms with Crippen LogP contribution in [-0.4, -0.2) is 28.8 Å². The van der Waals surface area contributed by atoms with E-state index in [4.69, 9.17) is 11.6 Å². The Bertz CT molecular complexity index is 440. The van der Waals surface area contributed by atoms with Gasteiger partial charge in [-0.05, 0) is 25.2 Å². The van der Waals surface area contributed by atoms with Crippen LogP contribution in [0, 0.1) is 5.92 Å².